The Balaban J connectivity index is 2.87. The number of amides is 1. The van der Waals surface area contributed by atoms with Gasteiger partial charge in [0, 0.05) is 11.7 Å². The van der Waals surface area contributed by atoms with Gasteiger partial charge in [-0.1, -0.05) is 12.9 Å². The van der Waals surface area contributed by atoms with E-state index in [1.165, 1.54) is 12.2 Å². The molecule has 0 saturated carbocycles. The summed E-state index contributed by atoms with van der Waals surface area (Å²) in [6.45, 7) is -2.70. The summed E-state index contributed by atoms with van der Waals surface area (Å²) in [4.78, 5) is 10.7. The van der Waals surface area contributed by atoms with Crippen LogP contribution in [0.15, 0.2) is 23.9 Å². The van der Waals surface area contributed by atoms with Gasteiger partial charge in [0.1, 0.15) is 0 Å². The Hall–Kier alpha value is -1.30. The van der Waals surface area contributed by atoms with E-state index in [-0.39, 0.29) is 12.1 Å². The standard InChI is InChI=1S/C8H12N2O3S/c1-2-7-3-5-10(6-4-7)14(12,13)8(9)11/h3-5H,2,6H2,1H3,(H2,9,11)/i1D3,2D. The quantitative estimate of drug-likeness (QED) is 0.738. The van der Waals surface area contributed by atoms with Crippen LogP contribution in [-0.2, 0) is 10.0 Å². The van der Waals surface area contributed by atoms with E-state index in [2.05, 4.69) is 0 Å². The molecule has 5 nitrogen and oxygen atoms in total. The molecule has 0 fully saturated rings. The number of carbonyl (C=O) groups is 1. The predicted molar refractivity (Wildman–Crippen MR) is 52.7 cm³/mol. The molecular weight excluding hydrogens is 204 g/mol. The summed E-state index contributed by atoms with van der Waals surface area (Å²) in [5, 5.41) is -1.48. The molecule has 78 valence electrons. The van der Waals surface area contributed by atoms with Crippen molar-refractivity contribution in [2.24, 2.45) is 5.73 Å². The summed E-state index contributed by atoms with van der Waals surface area (Å²) in [7, 11) is -4.25. The van der Waals surface area contributed by atoms with Crippen molar-refractivity contribution in [3.63, 3.8) is 0 Å². The molecule has 0 radical (unpaired) electrons. The SMILES string of the molecule is [2H]C(C1=CCN(S(=O)(=O)C(N)=O)C=C1)C([2H])([2H])[2H]. The molecule has 2 N–H and O–H groups in total. The Morgan fingerprint density at radius 3 is 3.00 bits per heavy atom. The number of nitrogens with zero attached hydrogens (tertiary/aromatic N) is 1. The first-order chi connectivity index (χ1) is 8.06. The third-order valence-corrected chi connectivity index (χ3v) is 3.07. The molecule has 14 heavy (non-hydrogen) atoms. The van der Waals surface area contributed by atoms with Gasteiger partial charge < -0.3 is 5.73 Å². The Bertz CT molecular complexity index is 509. The maximum atomic E-state index is 11.4. The number of nitrogens with two attached hydrogens (primary N) is 1. The lowest BCUT2D eigenvalue weighted by atomic mass is 10.1. The monoisotopic (exact) mass is 220 g/mol. The molecule has 0 spiro atoms. The summed E-state index contributed by atoms with van der Waals surface area (Å²) in [5.41, 5.74) is 4.89. The number of sulfonamides is 1. The van der Waals surface area contributed by atoms with Crippen LogP contribution in [0.25, 0.3) is 0 Å². The van der Waals surface area contributed by atoms with Gasteiger partial charge in [0.15, 0.2) is 0 Å². The minimum atomic E-state index is -4.25. The van der Waals surface area contributed by atoms with Crippen molar-refractivity contribution in [3.05, 3.63) is 23.9 Å². The second kappa shape index (κ2) is 3.83. The smallest absolute Gasteiger partial charge is 0.354 e. The van der Waals surface area contributed by atoms with Crippen molar-refractivity contribution in [2.45, 2.75) is 13.2 Å². The van der Waals surface area contributed by atoms with Crippen molar-refractivity contribution in [1.29, 1.82) is 0 Å². The lowest BCUT2D eigenvalue weighted by Gasteiger charge is -2.19. The topological polar surface area (TPSA) is 80.5 Å². The van der Waals surface area contributed by atoms with Gasteiger partial charge in [-0.05, 0) is 18.0 Å². The molecule has 0 aromatic carbocycles. The van der Waals surface area contributed by atoms with Crippen molar-refractivity contribution in [2.75, 3.05) is 6.54 Å². The highest BCUT2D eigenvalue weighted by Gasteiger charge is 2.25. The zero-order valence-electron chi connectivity index (χ0n) is 11.2. The van der Waals surface area contributed by atoms with Crippen molar-refractivity contribution >= 4 is 15.3 Å². The molecule has 1 atom stereocenters. The zero-order chi connectivity index (χ0) is 14.1. The first-order valence-corrected chi connectivity index (χ1v) is 5.12. The first-order valence-electron chi connectivity index (χ1n) is 5.76. The van der Waals surface area contributed by atoms with Crippen molar-refractivity contribution in [3.8, 4) is 0 Å². The minimum absolute atomic E-state index is 0.172. The molecule has 0 aromatic rings. The molecule has 1 rings (SSSR count). The second-order valence-corrected chi connectivity index (χ2v) is 4.38. The largest absolute Gasteiger partial charge is 0.355 e. The average molecular weight is 220 g/mol. The van der Waals surface area contributed by atoms with Gasteiger partial charge in [-0.2, -0.15) is 8.42 Å². The zero-order valence-corrected chi connectivity index (χ0v) is 7.99. The molecule has 0 bridgehead atoms. The lowest BCUT2D eigenvalue weighted by molar-refractivity contribution is 0.264. The summed E-state index contributed by atoms with van der Waals surface area (Å²) < 4.78 is 52.2. The van der Waals surface area contributed by atoms with Gasteiger partial charge in [0.25, 0.3) is 0 Å². The number of rotatable bonds is 2. The van der Waals surface area contributed by atoms with Gasteiger partial charge >= 0.3 is 15.3 Å². The van der Waals surface area contributed by atoms with Crippen LogP contribution in [0.2, 0.25) is 0 Å². The van der Waals surface area contributed by atoms with Crippen LogP contribution in [0.1, 0.15) is 18.7 Å². The Labute approximate surface area is 88.6 Å². The fourth-order valence-corrected chi connectivity index (χ4v) is 1.62. The van der Waals surface area contributed by atoms with E-state index in [1.807, 2.05) is 0 Å². The predicted octanol–water partition coefficient (Wildman–Crippen LogP) is 0.561. The van der Waals surface area contributed by atoms with E-state index in [0.29, 0.717) is 4.31 Å². The van der Waals surface area contributed by atoms with Gasteiger partial charge in [-0.25, -0.2) is 0 Å². The molecule has 0 aliphatic carbocycles. The second-order valence-electron chi connectivity index (χ2n) is 2.56. The Morgan fingerprint density at radius 1 is 1.86 bits per heavy atom. The number of hydrogen-bond acceptors (Lipinski definition) is 3. The van der Waals surface area contributed by atoms with E-state index in [4.69, 9.17) is 11.2 Å². The molecule has 1 aliphatic rings. The third-order valence-electron chi connectivity index (χ3n) is 1.67. The van der Waals surface area contributed by atoms with E-state index >= 15 is 0 Å². The molecule has 1 aliphatic heterocycles. The number of hydrogen-bond donors (Lipinski definition) is 1. The molecule has 6 heteroatoms. The van der Waals surface area contributed by atoms with Crippen molar-refractivity contribution < 1.29 is 18.7 Å². The van der Waals surface area contributed by atoms with Crippen LogP contribution in [-0.4, -0.2) is 24.5 Å². The van der Waals surface area contributed by atoms with Crippen LogP contribution in [0.5, 0.6) is 0 Å². The number of allylic oxidation sites excluding steroid dienone is 2. The maximum Gasteiger partial charge on any atom is 0.354 e. The van der Waals surface area contributed by atoms with Crippen molar-refractivity contribution in [1.82, 2.24) is 4.31 Å². The van der Waals surface area contributed by atoms with Crippen LogP contribution in [0.4, 0.5) is 4.79 Å². The van der Waals surface area contributed by atoms with E-state index < -0.39 is 28.5 Å². The lowest BCUT2D eigenvalue weighted by Crippen LogP contribution is -2.36. The third kappa shape index (κ3) is 1.95. The highest BCUT2D eigenvalue weighted by Crippen LogP contribution is 2.13. The summed E-state index contributed by atoms with van der Waals surface area (Å²) in [5.74, 6) is 0. The molecule has 1 amide bonds. The highest BCUT2D eigenvalue weighted by molar-refractivity contribution is 8.04. The highest BCUT2D eigenvalue weighted by atomic mass is 32.2. The van der Waals surface area contributed by atoms with E-state index in [1.54, 1.807) is 0 Å². The fraction of sp³-hybridized carbons (Fsp3) is 0.375. The molecule has 1 heterocycles. The summed E-state index contributed by atoms with van der Waals surface area (Å²) in [6, 6.07) is 0. The van der Waals surface area contributed by atoms with Gasteiger partial charge in [0.05, 0.1) is 6.54 Å². The molecule has 0 saturated heterocycles. The van der Waals surface area contributed by atoms with Crippen LogP contribution >= 0.6 is 0 Å². The minimum Gasteiger partial charge on any atom is -0.355 e. The molecule has 0 aromatic heterocycles. The number of primary amides is 1. The van der Waals surface area contributed by atoms with Crippen LogP contribution < -0.4 is 5.73 Å². The normalized spacial score (nSPS) is 24.0. The Morgan fingerprint density at radius 2 is 2.57 bits per heavy atom. The maximum absolute atomic E-state index is 11.4. The molecular formula is C8H12N2O3S. The van der Waals surface area contributed by atoms with Gasteiger partial charge in [-0.15, -0.1) is 0 Å². The average Bonchev–Trinajstić information content (AvgIpc) is 2.26. The van der Waals surface area contributed by atoms with Gasteiger partial charge in [0.2, 0.25) is 0 Å². The van der Waals surface area contributed by atoms with Crippen LogP contribution in [0.3, 0.4) is 0 Å². The summed E-state index contributed by atoms with van der Waals surface area (Å²) in [6.07, 6.45) is 2.02. The first kappa shape index (κ1) is 6.23. The Kier molecular flexibility index (Phi) is 1.71. The fourth-order valence-electron chi connectivity index (χ4n) is 0.894. The molecule has 1 unspecified atom stereocenters. The van der Waals surface area contributed by atoms with E-state index in [9.17, 15) is 13.2 Å². The van der Waals surface area contributed by atoms with Crippen LogP contribution in [0, 0.1) is 0 Å². The van der Waals surface area contributed by atoms with Gasteiger partial charge in [-0.3, -0.25) is 9.10 Å². The summed E-state index contributed by atoms with van der Waals surface area (Å²) >= 11 is 0. The van der Waals surface area contributed by atoms with E-state index in [0.717, 1.165) is 6.20 Å². The number of carbonyl (C=O) groups excluding carboxylic acids is 1.